The summed E-state index contributed by atoms with van der Waals surface area (Å²) in [5, 5.41) is 0. The van der Waals surface area contributed by atoms with Crippen molar-refractivity contribution in [1.82, 2.24) is 4.90 Å². The third kappa shape index (κ3) is 1.61. The van der Waals surface area contributed by atoms with Crippen molar-refractivity contribution in [2.24, 2.45) is 11.8 Å². The highest BCUT2D eigenvalue weighted by atomic mass is 16.1. The minimum absolute atomic E-state index is 0.0169. The molecule has 2 atom stereocenters. The Labute approximate surface area is 84.5 Å². The molecule has 3 aliphatic heterocycles. The van der Waals surface area contributed by atoms with Gasteiger partial charge in [-0.3, -0.25) is 9.69 Å². The smallest absolute Gasteiger partial charge is 0.153 e. The van der Waals surface area contributed by atoms with Gasteiger partial charge in [-0.05, 0) is 32.4 Å². The monoisotopic (exact) mass is 195 g/mol. The molecule has 0 saturated carbocycles. The summed E-state index contributed by atoms with van der Waals surface area (Å²) in [5.74, 6) is 0.698. The molecule has 0 amide bonds. The lowest BCUT2D eigenvalue weighted by Gasteiger charge is -2.44. The predicted molar refractivity (Wildman–Crippen MR) is 52.9 cm³/mol. The first-order valence-electron chi connectivity index (χ1n) is 5.45. The Morgan fingerprint density at radius 1 is 1.50 bits per heavy atom. The van der Waals surface area contributed by atoms with Crippen LogP contribution in [0.4, 0.5) is 0 Å². The summed E-state index contributed by atoms with van der Waals surface area (Å²) in [6.07, 6.45) is 3.74. The third-order valence-corrected chi connectivity index (χ3v) is 3.53. The van der Waals surface area contributed by atoms with Crippen LogP contribution in [0.1, 0.15) is 26.2 Å². The van der Waals surface area contributed by atoms with Gasteiger partial charge in [0.25, 0.3) is 0 Å². The first-order valence-corrected chi connectivity index (χ1v) is 5.45. The van der Waals surface area contributed by atoms with Gasteiger partial charge in [-0.15, -0.1) is 0 Å². The van der Waals surface area contributed by atoms with Crippen LogP contribution < -0.4 is 0 Å². The summed E-state index contributed by atoms with van der Waals surface area (Å²) in [5.41, 5.74) is 0. The van der Waals surface area contributed by atoms with Gasteiger partial charge in [-0.25, -0.2) is 0 Å². The van der Waals surface area contributed by atoms with E-state index < -0.39 is 0 Å². The summed E-state index contributed by atoms with van der Waals surface area (Å²) >= 11 is 0. The van der Waals surface area contributed by atoms with Gasteiger partial charge in [0, 0.05) is 11.8 Å². The third-order valence-electron chi connectivity index (χ3n) is 3.53. The molecule has 3 rings (SSSR count). The fourth-order valence-corrected chi connectivity index (χ4v) is 2.62. The van der Waals surface area contributed by atoms with E-state index in [0.717, 1.165) is 38.6 Å². The van der Waals surface area contributed by atoms with Gasteiger partial charge in [0.15, 0.2) is 5.78 Å². The molecule has 2 bridgehead atoms. The van der Waals surface area contributed by atoms with Crippen LogP contribution in [0.25, 0.3) is 0 Å². The molecule has 0 aliphatic carbocycles. The van der Waals surface area contributed by atoms with Crippen molar-refractivity contribution in [3.63, 3.8) is 0 Å². The van der Waals surface area contributed by atoms with Crippen molar-refractivity contribution in [3.8, 4) is 0 Å². The van der Waals surface area contributed by atoms with Crippen molar-refractivity contribution >= 4 is 12.1 Å². The predicted octanol–water partition coefficient (Wildman–Crippen LogP) is 0.875. The molecule has 3 heterocycles. The number of hydrogen-bond acceptors (Lipinski definition) is 3. The first-order chi connectivity index (χ1) is 6.72. The molecular formula is C11H17NO2. The summed E-state index contributed by atoms with van der Waals surface area (Å²) in [6.45, 7) is 3.99. The zero-order chi connectivity index (χ0) is 10.1. The second kappa shape index (κ2) is 3.81. The molecule has 0 spiro atoms. The number of hydrogen-bond donors (Lipinski definition) is 0. The summed E-state index contributed by atoms with van der Waals surface area (Å²) in [7, 11) is 0. The molecule has 0 aromatic rings. The van der Waals surface area contributed by atoms with Crippen LogP contribution in [-0.4, -0.2) is 36.1 Å². The maximum absolute atomic E-state index is 11.9. The van der Waals surface area contributed by atoms with Crippen molar-refractivity contribution < 1.29 is 9.59 Å². The van der Waals surface area contributed by atoms with Crippen LogP contribution in [0, 0.1) is 11.8 Å². The molecule has 3 aliphatic rings. The number of ketones is 1. The molecule has 3 heteroatoms. The van der Waals surface area contributed by atoms with Crippen LogP contribution in [0.15, 0.2) is 0 Å². The highest BCUT2D eigenvalue weighted by Gasteiger charge is 2.40. The second-order valence-electron chi connectivity index (χ2n) is 4.58. The van der Waals surface area contributed by atoms with Crippen LogP contribution in [0.2, 0.25) is 0 Å². The van der Waals surface area contributed by atoms with E-state index in [1.54, 1.807) is 0 Å². The Kier molecular flexibility index (Phi) is 2.68. The van der Waals surface area contributed by atoms with Crippen molar-refractivity contribution in [1.29, 1.82) is 0 Å². The molecule has 3 fully saturated rings. The standard InChI is InChI=1S/C11H17NO2/c1-8(7-13)6-10-11(14)9-2-4-12(10)5-3-9/h7-10H,2-6H2,1H3. The number of carbonyl (C=O) groups is 2. The number of fused-ring (bicyclic) bond motifs is 3. The molecule has 0 radical (unpaired) electrons. The lowest BCUT2D eigenvalue weighted by atomic mass is 9.79. The van der Waals surface area contributed by atoms with Crippen LogP contribution >= 0.6 is 0 Å². The van der Waals surface area contributed by atoms with E-state index in [1.807, 2.05) is 6.92 Å². The second-order valence-corrected chi connectivity index (χ2v) is 4.58. The summed E-state index contributed by atoms with van der Waals surface area (Å²) < 4.78 is 0. The van der Waals surface area contributed by atoms with Crippen molar-refractivity contribution in [3.05, 3.63) is 0 Å². The molecule has 3 saturated heterocycles. The average molecular weight is 195 g/mol. The zero-order valence-corrected chi connectivity index (χ0v) is 8.61. The lowest BCUT2D eigenvalue weighted by Crippen LogP contribution is -2.55. The quantitative estimate of drug-likeness (QED) is 0.627. The van der Waals surface area contributed by atoms with Crippen LogP contribution in [0.3, 0.4) is 0 Å². The van der Waals surface area contributed by atoms with E-state index in [0.29, 0.717) is 11.7 Å². The Morgan fingerprint density at radius 3 is 2.64 bits per heavy atom. The minimum Gasteiger partial charge on any atom is -0.303 e. The van der Waals surface area contributed by atoms with Gasteiger partial charge >= 0.3 is 0 Å². The van der Waals surface area contributed by atoms with Crippen molar-refractivity contribution in [2.75, 3.05) is 13.1 Å². The zero-order valence-electron chi connectivity index (χ0n) is 8.61. The molecule has 14 heavy (non-hydrogen) atoms. The van der Waals surface area contributed by atoms with E-state index in [9.17, 15) is 9.59 Å². The van der Waals surface area contributed by atoms with Crippen molar-refractivity contribution in [2.45, 2.75) is 32.2 Å². The Morgan fingerprint density at radius 2 is 2.14 bits per heavy atom. The van der Waals surface area contributed by atoms with Gasteiger partial charge in [0.2, 0.25) is 0 Å². The SMILES string of the molecule is CC(C=O)CC1C(=O)C2CCN1CC2. The fourth-order valence-electron chi connectivity index (χ4n) is 2.62. The maximum Gasteiger partial charge on any atom is 0.153 e. The van der Waals surface area contributed by atoms with E-state index in [2.05, 4.69) is 4.90 Å². The van der Waals surface area contributed by atoms with Gasteiger partial charge in [-0.2, -0.15) is 0 Å². The van der Waals surface area contributed by atoms with Crippen LogP contribution in [0.5, 0.6) is 0 Å². The minimum atomic E-state index is 0.0169. The summed E-state index contributed by atoms with van der Waals surface area (Å²) in [4.78, 5) is 24.7. The summed E-state index contributed by atoms with van der Waals surface area (Å²) in [6, 6.07) is 0.0442. The highest BCUT2D eigenvalue weighted by Crippen LogP contribution is 2.31. The number of Topliss-reactive ketones (excluding diaryl/α,β-unsaturated/α-hetero) is 1. The van der Waals surface area contributed by atoms with Gasteiger partial charge in [-0.1, -0.05) is 6.92 Å². The molecule has 78 valence electrons. The normalized spacial score (nSPS) is 38.4. The van der Waals surface area contributed by atoms with Crippen LogP contribution in [-0.2, 0) is 9.59 Å². The molecule has 0 aromatic heterocycles. The van der Waals surface area contributed by atoms with E-state index in [-0.39, 0.29) is 12.0 Å². The van der Waals surface area contributed by atoms with Gasteiger partial charge < -0.3 is 4.79 Å². The van der Waals surface area contributed by atoms with Gasteiger partial charge in [0.1, 0.15) is 6.29 Å². The van der Waals surface area contributed by atoms with Gasteiger partial charge in [0.05, 0.1) is 6.04 Å². The molecule has 2 unspecified atom stereocenters. The molecule has 0 N–H and O–H groups in total. The molecular weight excluding hydrogens is 178 g/mol. The molecule has 3 nitrogen and oxygen atoms in total. The largest absolute Gasteiger partial charge is 0.303 e. The number of piperidine rings is 3. The Bertz CT molecular complexity index is 244. The lowest BCUT2D eigenvalue weighted by molar-refractivity contribution is -0.137. The van der Waals surface area contributed by atoms with E-state index in [1.165, 1.54) is 0 Å². The number of aldehydes is 1. The first kappa shape index (κ1) is 9.84. The number of carbonyl (C=O) groups excluding carboxylic acids is 2. The average Bonchev–Trinajstić information content (AvgIpc) is 2.23. The van der Waals surface area contributed by atoms with E-state index >= 15 is 0 Å². The highest BCUT2D eigenvalue weighted by molar-refractivity contribution is 5.88. The Hall–Kier alpha value is -0.700. The van der Waals surface area contributed by atoms with E-state index in [4.69, 9.17) is 0 Å². The maximum atomic E-state index is 11.9. The fraction of sp³-hybridized carbons (Fsp3) is 0.818. The Balaban J connectivity index is 2.03. The molecule has 0 aromatic carbocycles. The number of rotatable bonds is 3. The topological polar surface area (TPSA) is 37.4 Å². The number of nitrogens with zero attached hydrogens (tertiary/aromatic N) is 1.